The summed E-state index contributed by atoms with van der Waals surface area (Å²) < 4.78 is 15.7. The van der Waals surface area contributed by atoms with E-state index in [1.54, 1.807) is 18.7 Å². The minimum atomic E-state index is -0.432. The molecule has 6 heteroatoms. The summed E-state index contributed by atoms with van der Waals surface area (Å²) in [6, 6.07) is 5.66. The molecule has 1 saturated heterocycles. The zero-order valence-electron chi connectivity index (χ0n) is 12.9. The summed E-state index contributed by atoms with van der Waals surface area (Å²) in [5.41, 5.74) is 2.67. The standard InChI is InChI=1S/C17H20N2O4/c20-17(23-12-15-3-1-2-7-22-15)19-10-13-4-5-16(18-9-13)14-6-8-21-11-14/h4-6,8-9,11,15H,1-3,7,10,12H2,(H,19,20). The molecule has 2 aromatic rings. The topological polar surface area (TPSA) is 73.6 Å². The molecule has 3 rings (SSSR count). The number of ether oxygens (including phenoxy) is 2. The fourth-order valence-corrected chi connectivity index (χ4v) is 2.44. The van der Waals surface area contributed by atoms with Gasteiger partial charge in [-0.1, -0.05) is 6.07 Å². The molecule has 0 aromatic carbocycles. The van der Waals surface area contributed by atoms with Crippen LogP contribution in [0.3, 0.4) is 0 Å². The number of aromatic nitrogens is 1. The summed E-state index contributed by atoms with van der Waals surface area (Å²) in [5.74, 6) is 0. The molecule has 1 atom stereocenters. The van der Waals surface area contributed by atoms with Gasteiger partial charge in [-0.15, -0.1) is 0 Å². The van der Waals surface area contributed by atoms with Crippen molar-refractivity contribution in [1.29, 1.82) is 0 Å². The number of carbonyl (C=O) groups is 1. The summed E-state index contributed by atoms with van der Waals surface area (Å²) in [6.07, 6.45) is 7.75. The molecule has 2 aromatic heterocycles. The minimum absolute atomic E-state index is 0.0328. The molecule has 122 valence electrons. The largest absolute Gasteiger partial charge is 0.472 e. The van der Waals surface area contributed by atoms with Crippen LogP contribution in [0.5, 0.6) is 0 Å². The van der Waals surface area contributed by atoms with Gasteiger partial charge in [0.15, 0.2) is 0 Å². The van der Waals surface area contributed by atoms with Gasteiger partial charge in [-0.25, -0.2) is 4.79 Å². The lowest BCUT2D eigenvalue weighted by Crippen LogP contribution is -2.30. The van der Waals surface area contributed by atoms with Gasteiger partial charge in [0.05, 0.1) is 24.3 Å². The first kappa shape index (κ1) is 15.6. The third kappa shape index (κ3) is 4.56. The van der Waals surface area contributed by atoms with Gasteiger partial charge in [0.25, 0.3) is 0 Å². The fourth-order valence-electron chi connectivity index (χ4n) is 2.44. The van der Waals surface area contributed by atoms with E-state index in [2.05, 4.69) is 10.3 Å². The van der Waals surface area contributed by atoms with Crippen molar-refractivity contribution in [1.82, 2.24) is 10.3 Å². The Morgan fingerprint density at radius 1 is 1.35 bits per heavy atom. The van der Waals surface area contributed by atoms with Crippen LogP contribution in [-0.2, 0) is 16.0 Å². The highest BCUT2D eigenvalue weighted by Gasteiger charge is 2.15. The predicted molar refractivity (Wildman–Crippen MR) is 83.7 cm³/mol. The molecular weight excluding hydrogens is 296 g/mol. The number of amides is 1. The van der Waals surface area contributed by atoms with Crippen LogP contribution in [0.1, 0.15) is 24.8 Å². The van der Waals surface area contributed by atoms with Crippen molar-refractivity contribution in [3.05, 3.63) is 42.5 Å². The maximum atomic E-state index is 11.7. The smallest absolute Gasteiger partial charge is 0.407 e. The Bertz CT molecular complexity index is 604. The number of hydrogen-bond acceptors (Lipinski definition) is 5. The number of hydrogen-bond donors (Lipinski definition) is 1. The van der Waals surface area contributed by atoms with E-state index in [1.165, 1.54) is 0 Å². The van der Waals surface area contributed by atoms with E-state index in [0.717, 1.165) is 42.7 Å². The first-order valence-corrected chi connectivity index (χ1v) is 7.81. The summed E-state index contributed by atoms with van der Waals surface area (Å²) in [5, 5.41) is 2.72. The average Bonchev–Trinajstić information content (AvgIpc) is 3.14. The van der Waals surface area contributed by atoms with Gasteiger partial charge >= 0.3 is 6.09 Å². The lowest BCUT2D eigenvalue weighted by atomic mass is 10.1. The molecule has 1 fully saturated rings. The van der Waals surface area contributed by atoms with E-state index in [9.17, 15) is 4.79 Å². The maximum Gasteiger partial charge on any atom is 0.407 e. The van der Waals surface area contributed by atoms with Crippen LogP contribution in [0.25, 0.3) is 11.3 Å². The van der Waals surface area contributed by atoms with Crippen molar-refractivity contribution in [2.75, 3.05) is 13.2 Å². The Morgan fingerprint density at radius 2 is 2.30 bits per heavy atom. The summed E-state index contributed by atoms with van der Waals surface area (Å²) in [6.45, 7) is 1.44. The maximum absolute atomic E-state index is 11.7. The first-order valence-electron chi connectivity index (χ1n) is 7.81. The third-order valence-electron chi connectivity index (χ3n) is 3.75. The summed E-state index contributed by atoms with van der Waals surface area (Å²) >= 11 is 0. The van der Waals surface area contributed by atoms with E-state index < -0.39 is 6.09 Å². The van der Waals surface area contributed by atoms with E-state index in [-0.39, 0.29) is 6.10 Å². The van der Waals surface area contributed by atoms with E-state index in [4.69, 9.17) is 13.9 Å². The SMILES string of the molecule is O=C(NCc1ccc(-c2ccoc2)nc1)OCC1CCCCO1. The van der Waals surface area contributed by atoms with Gasteiger partial charge in [0, 0.05) is 24.9 Å². The van der Waals surface area contributed by atoms with Crippen molar-refractivity contribution < 1.29 is 18.7 Å². The highest BCUT2D eigenvalue weighted by Crippen LogP contribution is 2.17. The summed E-state index contributed by atoms with van der Waals surface area (Å²) in [7, 11) is 0. The number of alkyl carbamates (subject to hydrolysis) is 1. The highest BCUT2D eigenvalue weighted by atomic mass is 16.6. The monoisotopic (exact) mass is 316 g/mol. The van der Waals surface area contributed by atoms with E-state index in [0.29, 0.717) is 13.2 Å². The number of furan rings is 1. The lowest BCUT2D eigenvalue weighted by Gasteiger charge is -2.22. The van der Waals surface area contributed by atoms with Gasteiger partial charge in [-0.2, -0.15) is 0 Å². The van der Waals surface area contributed by atoms with E-state index in [1.807, 2.05) is 18.2 Å². The number of rotatable bonds is 5. The fraction of sp³-hybridized carbons (Fsp3) is 0.412. The van der Waals surface area contributed by atoms with Gasteiger partial charge in [0.1, 0.15) is 6.61 Å². The molecule has 1 aliphatic rings. The Hall–Kier alpha value is -2.34. The highest BCUT2D eigenvalue weighted by molar-refractivity contribution is 5.67. The predicted octanol–water partition coefficient (Wildman–Crippen LogP) is 3.14. The van der Waals surface area contributed by atoms with Crippen LogP contribution in [0.2, 0.25) is 0 Å². The zero-order chi connectivity index (χ0) is 15.9. The minimum Gasteiger partial charge on any atom is -0.472 e. The molecule has 0 aliphatic carbocycles. The molecule has 1 aliphatic heterocycles. The molecule has 23 heavy (non-hydrogen) atoms. The van der Waals surface area contributed by atoms with Crippen LogP contribution < -0.4 is 5.32 Å². The van der Waals surface area contributed by atoms with Crippen molar-refractivity contribution in [3.8, 4) is 11.3 Å². The second-order valence-electron chi connectivity index (χ2n) is 5.50. The third-order valence-corrected chi connectivity index (χ3v) is 3.75. The molecule has 0 bridgehead atoms. The quantitative estimate of drug-likeness (QED) is 0.917. The molecule has 0 radical (unpaired) electrons. The number of nitrogens with one attached hydrogen (secondary N) is 1. The van der Waals surface area contributed by atoms with Crippen LogP contribution in [0.4, 0.5) is 4.79 Å². The average molecular weight is 316 g/mol. The Balaban J connectivity index is 1.41. The van der Waals surface area contributed by atoms with Crippen molar-refractivity contribution in [2.24, 2.45) is 0 Å². The second-order valence-corrected chi connectivity index (χ2v) is 5.50. The van der Waals surface area contributed by atoms with Crippen molar-refractivity contribution in [3.63, 3.8) is 0 Å². The Morgan fingerprint density at radius 3 is 3.00 bits per heavy atom. The van der Waals surface area contributed by atoms with Gasteiger partial charge in [0.2, 0.25) is 0 Å². The Labute approximate surface area is 134 Å². The molecule has 1 amide bonds. The van der Waals surface area contributed by atoms with Crippen LogP contribution >= 0.6 is 0 Å². The zero-order valence-corrected chi connectivity index (χ0v) is 12.9. The van der Waals surface area contributed by atoms with Gasteiger partial charge in [-0.05, 0) is 37.0 Å². The van der Waals surface area contributed by atoms with Crippen LogP contribution in [-0.4, -0.2) is 30.4 Å². The molecule has 1 unspecified atom stereocenters. The normalized spacial score (nSPS) is 17.7. The molecule has 0 saturated carbocycles. The summed E-state index contributed by atoms with van der Waals surface area (Å²) in [4.78, 5) is 16.0. The number of carbonyl (C=O) groups excluding carboxylic acids is 1. The molecule has 6 nitrogen and oxygen atoms in total. The molecule has 3 heterocycles. The molecule has 0 spiro atoms. The van der Waals surface area contributed by atoms with Gasteiger partial charge in [-0.3, -0.25) is 4.98 Å². The molecular formula is C17H20N2O4. The molecule has 1 N–H and O–H groups in total. The number of nitrogens with zero attached hydrogens (tertiary/aromatic N) is 1. The number of pyridine rings is 1. The second kappa shape index (κ2) is 7.78. The first-order chi connectivity index (χ1) is 11.3. The van der Waals surface area contributed by atoms with Crippen LogP contribution in [0.15, 0.2) is 41.3 Å². The van der Waals surface area contributed by atoms with Crippen LogP contribution in [0, 0.1) is 0 Å². The van der Waals surface area contributed by atoms with E-state index >= 15 is 0 Å². The lowest BCUT2D eigenvalue weighted by molar-refractivity contribution is -0.0223. The van der Waals surface area contributed by atoms with Crippen molar-refractivity contribution >= 4 is 6.09 Å². The van der Waals surface area contributed by atoms with Gasteiger partial charge < -0.3 is 19.2 Å². The Kier molecular flexibility index (Phi) is 5.26. The van der Waals surface area contributed by atoms with Crippen molar-refractivity contribution in [2.45, 2.75) is 31.9 Å².